The zero-order chi connectivity index (χ0) is 30.7. The van der Waals surface area contributed by atoms with Crippen LogP contribution in [0, 0.1) is 5.82 Å². The maximum absolute atomic E-state index is 14.3. The van der Waals surface area contributed by atoms with Crippen LogP contribution in [0.3, 0.4) is 0 Å². The zero-order valence-corrected chi connectivity index (χ0v) is 23.8. The molecule has 0 unspecified atom stereocenters. The molecule has 0 bridgehead atoms. The fraction of sp³-hybridized carbons (Fsp3) is 0.429. The van der Waals surface area contributed by atoms with Crippen molar-refractivity contribution in [3.8, 4) is 0 Å². The lowest BCUT2D eigenvalue weighted by Gasteiger charge is -2.41. The van der Waals surface area contributed by atoms with Crippen LogP contribution in [-0.2, 0) is 31.4 Å². The number of piperidine rings is 1. The van der Waals surface area contributed by atoms with Gasteiger partial charge in [0.2, 0.25) is 11.8 Å². The summed E-state index contributed by atoms with van der Waals surface area (Å²) < 4.78 is 79.9. The molecule has 0 saturated carbocycles. The fourth-order valence-corrected chi connectivity index (χ4v) is 6.89. The molecule has 2 aliphatic rings. The number of carbonyl (C=O) groups is 2. The molecule has 2 aliphatic heterocycles. The molecule has 1 atom stereocenters. The van der Waals surface area contributed by atoms with Crippen LogP contribution in [0.4, 0.5) is 23.2 Å². The van der Waals surface area contributed by atoms with Gasteiger partial charge in [0.1, 0.15) is 11.9 Å². The lowest BCUT2D eigenvalue weighted by molar-refractivity contribution is -0.138. The van der Waals surface area contributed by atoms with Gasteiger partial charge >= 0.3 is 15.5 Å². The lowest BCUT2D eigenvalue weighted by Crippen LogP contribution is -2.58. The monoisotopic (exact) mass is 609 g/mol. The van der Waals surface area contributed by atoms with Crippen molar-refractivity contribution in [2.24, 2.45) is 5.73 Å². The number of benzene rings is 2. The van der Waals surface area contributed by atoms with E-state index in [-0.39, 0.29) is 43.6 Å². The molecule has 0 radical (unpaired) electrons. The van der Waals surface area contributed by atoms with Gasteiger partial charge in [-0.05, 0) is 62.1 Å². The topological polar surface area (TPSA) is 129 Å². The highest BCUT2D eigenvalue weighted by molar-refractivity contribution is 7.93. The number of carbonyl (C=O) groups excluding carboxylic acids is 2. The summed E-state index contributed by atoms with van der Waals surface area (Å²) in [7, 11) is -5.73. The Kier molecular flexibility index (Phi) is 7.29. The summed E-state index contributed by atoms with van der Waals surface area (Å²) in [6, 6.07) is 9.53. The minimum Gasteiger partial charge on any atom is -0.361 e. The summed E-state index contributed by atoms with van der Waals surface area (Å²) in [5.74, 6) is -1.66. The van der Waals surface area contributed by atoms with E-state index >= 15 is 0 Å². The first kappa shape index (κ1) is 29.8. The Hall–Kier alpha value is -3.65. The number of likely N-dealkylation sites (tertiary alicyclic amines) is 1. The fourth-order valence-electron chi connectivity index (χ4n) is 5.80. The van der Waals surface area contributed by atoms with Crippen LogP contribution >= 0.6 is 0 Å². The van der Waals surface area contributed by atoms with Crippen molar-refractivity contribution in [1.82, 2.24) is 15.2 Å². The first-order valence-corrected chi connectivity index (χ1v) is 14.8. The second-order valence-electron chi connectivity index (χ2n) is 11.5. The maximum Gasteiger partial charge on any atom is 0.516 e. The number of sulfonamides is 1. The molecule has 3 aromatic rings. The Morgan fingerprint density at radius 1 is 1.12 bits per heavy atom. The number of alkyl halides is 3. The number of halogens is 4. The molecule has 2 aromatic carbocycles. The smallest absolute Gasteiger partial charge is 0.361 e. The van der Waals surface area contributed by atoms with Crippen LogP contribution in [0.25, 0.3) is 10.9 Å². The van der Waals surface area contributed by atoms with E-state index in [0.29, 0.717) is 4.31 Å². The predicted octanol–water partition coefficient (Wildman–Crippen LogP) is 3.30. The maximum atomic E-state index is 14.3. The van der Waals surface area contributed by atoms with Gasteiger partial charge in [0.05, 0.1) is 11.2 Å². The molecular weight excluding hydrogens is 578 g/mol. The number of para-hydroxylation sites is 1. The third-order valence-corrected chi connectivity index (χ3v) is 9.64. The zero-order valence-electron chi connectivity index (χ0n) is 23.0. The molecule has 226 valence electrons. The third-order valence-electron chi connectivity index (χ3n) is 8.15. The summed E-state index contributed by atoms with van der Waals surface area (Å²) >= 11 is 0. The van der Waals surface area contributed by atoms with Crippen molar-refractivity contribution in [2.45, 2.75) is 55.6 Å². The Balaban J connectivity index is 1.40. The van der Waals surface area contributed by atoms with Crippen molar-refractivity contribution in [2.75, 3.05) is 23.9 Å². The second-order valence-corrected chi connectivity index (χ2v) is 13.4. The molecule has 42 heavy (non-hydrogen) atoms. The van der Waals surface area contributed by atoms with Gasteiger partial charge in [-0.3, -0.25) is 13.9 Å². The van der Waals surface area contributed by atoms with E-state index in [9.17, 15) is 35.6 Å². The third kappa shape index (κ3) is 5.21. The van der Waals surface area contributed by atoms with Gasteiger partial charge in [0.15, 0.2) is 0 Å². The van der Waals surface area contributed by atoms with Gasteiger partial charge in [0, 0.05) is 48.6 Å². The molecule has 5 rings (SSSR count). The summed E-state index contributed by atoms with van der Waals surface area (Å²) in [5, 5.41) is 3.63. The Morgan fingerprint density at radius 3 is 2.43 bits per heavy atom. The van der Waals surface area contributed by atoms with Crippen LogP contribution in [0.5, 0.6) is 0 Å². The van der Waals surface area contributed by atoms with Gasteiger partial charge < -0.3 is 20.9 Å². The van der Waals surface area contributed by atoms with E-state index in [4.69, 9.17) is 5.73 Å². The normalized spacial score (nSPS) is 17.9. The van der Waals surface area contributed by atoms with Gasteiger partial charge in [-0.25, -0.2) is 4.39 Å². The van der Waals surface area contributed by atoms with Gasteiger partial charge in [-0.2, -0.15) is 21.6 Å². The average molecular weight is 610 g/mol. The number of anilines is 1. The van der Waals surface area contributed by atoms with Crippen molar-refractivity contribution in [1.29, 1.82) is 0 Å². The Bertz CT molecular complexity index is 1640. The molecule has 14 heteroatoms. The van der Waals surface area contributed by atoms with E-state index in [2.05, 4.69) is 10.3 Å². The largest absolute Gasteiger partial charge is 0.516 e. The molecule has 9 nitrogen and oxygen atoms in total. The Labute approximate surface area is 240 Å². The van der Waals surface area contributed by atoms with E-state index in [0.717, 1.165) is 34.7 Å². The summed E-state index contributed by atoms with van der Waals surface area (Å²) in [5.41, 5.74) is -0.359. The second kappa shape index (κ2) is 10.3. The van der Waals surface area contributed by atoms with Gasteiger partial charge in [0.25, 0.3) is 0 Å². The molecular formula is C28H31F4N5O4S. The molecule has 2 amide bonds. The minimum atomic E-state index is -5.73. The number of aromatic nitrogens is 1. The van der Waals surface area contributed by atoms with Gasteiger partial charge in [-0.15, -0.1) is 0 Å². The van der Waals surface area contributed by atoms with E-state index < -0.39 is 56.7 Å². The number of H-pyrrole nitrogens is 1. The summed E-state index contributed by atoms with van der Waals surface area (Å²) in [4.78, 5) is 31.3. The molecule has 1 saturated heterocycles. The van der Waals surface area contributed by atoms with Crippen molar-refractivity contribution < 1.29 is 35.6 Å². The summed E-state index contributed by atoms with van der Waals surface area (Å²) in [6.07, 6.45) is 2.10. The van der Waals surface area contributed by atoms with Crippen molar-refractivity contribution in [3.05, 3.63) is 65.6 Å². The number of aromatic amines is 1. The molecule has 1 aromatic heterocycles. The number of fused-ring (bicyclic) bond motifs is 3. The van der Waals surface area contributed by atoms with Crippen LogP contribution < -0.4 is 15.4 Å². The molecule has 4 N–H and O–H groups in total. The number of hydrogen-bond donors (Lipinski definition) is 3. The number of nitrogens with one attached hydrogen (secondary N) is 2. The molecule has 3 heterocycles. The van der Waals surface area contributed by atoms with E-state index in [1.54, 1.807) is 6.20 Å². The number of rotatable bonds is 6. The van der Waals surface area contributed by atoms with Gasteiger partial charge in [-0.1, -0.05) is 18.2 Å². The number of nitrogens with zero attached hydrogens (tertiary/aromatic N) is 2. The minimum absolute atomic E-state index is 0.0565. The van der Waals surface area contributed by atoms with Crippen LogP contribution in [0.2, 0.25) is 0 Å². The lowest BCUT2D eigenvalue weighted by atomic mass is 9.74. The van der Waals surface area contributed by atoms with Crippen LogP contribution in [0.15, 0.2) is 48.7 Å². The predicted molar refractivity (Wildman–Crippen MR) is 148 cm³/mol. The first-order valence-electron chi connectivity index (χ1n) is 13.4. The van der Waals surface area contributed by atoms with Crippen LogP contribution in [-0.4, -0.2) is 66.8 Å². The highest BCUT2D eigenvalue weighted by atomic mass is 32.2. The van der Waals surface area contributed by atoms with Crippen molar-refractivity contribution >= 4 is 38.4 Å². The van der Waals surface area contributed by atoms with E-state index in [1.165, 1.54) is 18.7 Å². The molecule has 1 fully saturated rings. The quantitative estimate of drug-likeness (QED) is 0.370. The van der Waals surface area contributed by atoms with Crippen molar-refractivity contribution in [3.63, 3.8) is 0 Å². The summed E-state index contributed by atoms with van der Waals surface area (Å²) in [6.45, 7) is 2.61. The number of amides is 2. The van der Waals surface area contributed by atoms with Crippen LogP contribution in [0.1, 0.15) is 37.8 Å². The SMILES string of the molecule is CC(C)(N)C(=O)N[C@H](Cc1c[nH]c2ccccc12)C(=O)N1CCC2(CC1)CN(S(=O)(=O)C(F)(F)F)c1ccc(F)cc12. The number of hydrogen-bond acceptors (Lipinski definition) is 5. The molecule has 0 aliphatic carbocycles. The average Bonchev–Trinajstić information content (AvgIpc) is 3.46. The van der Waals surface area contributed by atoms with E-state index in [1.807, 2.05) is 24.3 Å². The first-order chi connectivity index (χ1) is 19.5. The molecule has 1 spiro atoms. The standard InChI is InChI=1S/C28H31F4N5O4S/c1-26(2,33)25(39)35-22(13-17-15-34-21-6-4-3-5-19(17)21)24(38)36-11-9-27(10-12-36)16-37(42(40,41)28(30,31)32)23-8-7-18(29)14-20(23)27/h3-8,14-15,22,34H,9-13,16,33H2,1-2H3,(H,35,39)/t22-/m1/s1. The number of nitrogens with two attached hydrogens (primary N) is 1. The highest BCUT2D eigenvalue weighted by Crippen LogP contribution is 2.50. The highest BCUT2D eigenvalue weighted by Gasteiger charge is 2.57. The Morgan fingerprint density at radius 2 is 1.79 bits per heavy atom.